The lowest BCUT2D eigenvalue weighted by Gasteiger charge is -2.24. The zero-order valence-electron chi connectivity index (χ0n) is 12.6. The fraction of sp³-hybridized carbons (Fsp3) is 0.438. The van der Waals surface area contributed by atoms with Gasteiger partial charge in [-0.25, -0.2) is 0 Å². The molecule has 1 heterocycles. The number of pyridine rings is 1. The van der Waals surface area contributed by atoms with Crippen LogP contribution in [0.25, 0.3) is 10.9 Å². The van der Waals surface area contributed by atoms with Crippen LogP contribution in [-0.4, -0.2) is 35.6 Å². The van der Waals surface area contributed by atoms with Crippen LogP contribution in [-0.2, 0) is 0 Å². The highest BCUT2D eigenvalue weighted by Crippen LogP contribution is 2.26. The summed E-state index contributed by atoms with van der Waals surface area (Å²) >= 11 is 0. The van der Waals surface area contributed by atoms with Crippen LogP contribution >= 0.6 is 0 Å². The Morgan fingerprint density at radius 1 is 1.25 bits per heavy atom. The number of nitrogens with zero attached hydrogens (tertiary/aromatic N) is 2. The molecule has 0 saturated heterocycles. The van der Waals surface area contributed by atoms with Gasteiger partial charge >= 0.3 is 0 Å². The topological polar surface area (TPSA) is 54.2 Å². The molecule has 1 atom stereocenters. The molecule has 20 heavy (non-hydrogen) atoms. The van der Waals surface area contributed by atoms with Gasteiger partial charge in [0.25, 0.3) is 0 Å². The molecule has 1 aromatic carbocycles. The van der Waals surface area contributed by atoms with Gasteiger partial charge in [-0.05, 0) is 44.3 Å². The third kappa shape index (κ3) is 3.20. The van der Waals surface area contributed by atoms with Crippen LogP contribution in [0.15, 0.2) is 30.5 Å². The minimum absolute atomic E-state index is 0.365. The molecule has 0 saturated carbocycles. The van der Waals surface area contributed by atoms with Gasteiger partial charge in [0.15, 0.2) is 0 Å². The predicted octanol–water partition coefficient (Wildman–Crippen LogP) is 2.96. The molecule has 108 valence electrons. The van der Waals surface area contributed by atoms with E-state index in [1.54, 1.807) is 0 Å². The Morgan fingerprint density at radius 2 is 2.00 bits per heavy atom. The Labute approximate surface area is 121 Å². The van der Waals surface area contributed by atoms with Crippen molar-refractivity contribution in [2.24, 2.45) is 0 Å². The lowest BCUT2D eigenvalue weighted by atomic mass is 10.1. The molecule has 2 aromatic rings. The normalized spacial score (nSPS) is 12.8. The van der Waals surface area contributed by atoms with E-state index in [-0.39, 0.29) is 0 Å². The summed E-state index contributed by atoms with van der Waals surface area (Å²) in [6, 6.07) is 8.25. The number of nitrogens with one attached hydrogen (secondary N) is 1. The molecule has 0 fully saturated rings. The molecule has 1 unspecified atom stereocenters. The molecular formula is C16H24N4. The first-order chi connectivity index (χ1) is 9.65. The van der Waals surface area contributed by atoms with Crippen molar-refractivity contribution >= 4 is 22.3 Å². The molecule has 0 aliphatic heterocycles. The maximum Gasteiger partial charge on any atom is 0.0953 e. The van der Waals surface area contributed by atoms with Gasteiger partial charge in [-0.3, -0.25) is 4.98 Å². The summed E-state index contributed by atoms with van der Waals surface area (Å²) in [6.45, 7) is 9.74. The smallest absolute Gasteiger partial charge is 0.0953 e. The number of benzene rings is 1. The zero-order valence-corrected chi connectivity index (χ0v) is 12.6. The Kier molecular flexibility index (Phi) is 4.79. The van der Waals surface area contributed by atoms with Crippen molar-refractivity contribution in [2.75, 3.05) is 30.7 Å². The van der Waals surface area contributed by atoms with Gasteiger partial charge in [-0.1, -0.05) is 13.8 Å². The number of hydrogen-bond donors (Lipinski definition) is 2. The van der Waals surface area contributed by atoms with Crippen molar-refractivity contribution in [3.05, 3.63) is 30.5 Å². The summed E-state index contributed by atoms with van der Waals surface area (Å²) in [5, 5.41) is 4.56. The maximum absolute atomic E-state index is 6.00. The van der Waals surface area contributed by atoms with Crippen molar-refractivity contribution in [2.45, 2.75) is 26.8 Å². The molecule has 2 rings (SSSR count). The van der Waals surface area contributed by atoms with Gasteiger partial charge in [0.1, 0.15) is 0 Å². The molecule has 0 amide bonds. The van der Waals surface area contributed by atoms with Gasteiger partial charge in [-0.15, -0.1) is 0 Å². The Morgan fingerprint density at radius 3 is 2.70 bits per heavy atom. The van der Waals surface area contributed by atoms with Crippen molar-refractivity contribution in [1.82, 2.24) is 9.88 Å². The molecule has 0 aliphatic carbocycles. The van der Waals surface area contributed by atoms with E-state index in [0.717, 1.165) is 41.9 Å². The Bertz CT molecular complexity index is 563. The minimum Gasteiger partial charge on any atom is -0.398 e. The molecule has 0 aliphatic rings. The Balaban J connectivity index is 2.19. The van der Waals surface area contributed by atoms with Crippen LogP contribution in [0.4, 0.5) is 11.4 Å². The molecule has 0 radical (unpaired) electrons. The minimum atomic E-state index is 0.365. The number of hydrogen-bond acceptors (Lipinski definition) is 4. The number of fused-ring (bicyclic) bond motifs is 1. The van der Waals surface area contributed by atoms with Crippen molar-refractivity contribution < 1.29 is 0 Å². The van der Waals surface area contributed by atoms with Crippen molar-refractivity contribution in [3.63, 3.8) is 0 Å². The second-order valence-corrected chi connectivity index (χ2v) is 5.13. The molecule has 1 aromatic heterocycles. The number of likely N-dealkylation sites (N-methyl/N-ethyl adjacent to an activating group) is 1. The highest BCUT2D eigenvalue weighted by molar-refractivity contribution is 5.98. The maximum atomic E-state index is 6.00. The van der Waals surface area contributed by atoms with Crippen LogP contribution in [0.1, 0.15) is 20.8 Å². The quantitative estimate of drug-likeness (QED) is 0.794. The van der Waals surface area contributed by atoms with E-state index < -0.39 is 0 Å². The third-order valence-corrected chi connectivity index (χ3v) is 3.63. The Hall–Kier alpha value is -1.81. The van der Waals surface area contributed by atoms with E-state index in [1.165, 1.54) is 0 Å². The van der Waals surface area contributed by atoms with E-state index in [0.29, 0.717) is 6.04 Å². The monoisotopic (exact) mass is 272 g/mol. The van der Waals surface area contributed by atoms with Gasteiger partial charge < -0.3 is 16.0 Å². The van der Waals surface area contributed by atoms with Crippen LogP contribution in [0.2, 0.25) is 0 Å². The number of anilines is 2. The van der Waals surface area contributed by atoms with Crippen LogP contribution in [0, 0.1) is 0 Å². The summed E-state index contributed by atoms with van der Waals surface area (Å²) in [6.07, 6.45) is 1.81. The summed E-state index contributed by atoms with van der Waals surface area (Å²) in [7, 11) is 0. The fourth-order valence-corrected chi connectivity index (χ4v) is 2.49. The second kappa shape index (κ2) is 6.57. The molecular weight excluding hydrogens is 248 g/mol. The van der Waals surface area contributed by atoms with Crippen molar-refractivity contribution in [3.8, 4) is 0 Å². The number of aromatic nitrogens is 1. The number of nitrogen functional groups attached to an aromatic ring is 1. The van der Waals surface area contributed by atoms with E-state index in [4.69, 9.17) is 5.73 Å². The van der Waals surface area contributed by atoms with Gasteiger partial charge in [0.2, 0.25) is 0 Å². The molecule has 3 N–H and O–H groups in total. The average Bonchev–Trinajstić information content (AvgIpc) is 2.48. The van der Waals surface area contributed by atoms with Crippen molar-refractivity contribution in [1.29, 1.82) is 0 Å². The first kappa shape index (κ1) is 14.6. The van der Waals surface area contributed by atoms with Crippen LogP contribution in [0.5, 0.6) is 0 Å². The fourth-order valence-electron chi connectivity index (χ4n) is 2.49. The molecule has 4 nitrogen and oxygen atoms in total. The van der Waals surface area contributed by atoms with Gasteiger partial charge in [0.05, 0.1) is 11.2 Å². The van der Waals surface area contributed by atoms with Crippen LogP contribution < -0.4 is 11.1 Å². The summed E-state index contributed by atoms with van der Waals surface area (Å²) in [4.78, 5) is 6.87. The van der Waals surface area contributed by atoms with E-state index >= 15 is 0 Å². The standard InChI is InChI=1S/C16H24N4/c1-4-20(5-2)11-12(3)19-15-9-8-14(17)13-7-6-10-18-16(13)15/h6-10,12,19H,4-5,11,17H2,1-3H3. The van der Waals surface area contributed by atoms with Crippen LogP contribution in [0.3, 0.4) is 0 Å². The first-order valence-electron chi connectivity index (χ1n) is 7.27. The number of nitrogens with two attached hydrogens (primary N) is 1. The lowest BCUT2D eigenvalue weighted by Crippen LogP contribution is -2.34. The highest BCUT2D eigenvalue weighted by Gasteiger charge is 2.10. The summed E-state index contributed by atoms with van der Waals surface area (Å²) in [5.74, 6) is 0. The third-order valence-electron chi connectivity index (χ3n) is 3.63. The van der Waals surface area contributed by atoms with Gasteiger partial charge in [0, 0.05) is 29.9 Å². The molecule has 0 spiro atoms. The largest absolute Gasteiger partial charge is 0.398 e. The predicted molar refractivity (Wildman–Crippen MR) is 87.0 cm³/mol. The lowest BCUT2D eigenvalue weighted by molar-refractivity contribution is 0.295. The molecule has 4 heteroatoms. The zero-order chi connectivity index (χ0) is 14.5. The SMILES string of the molecule is CCN(CC)CC(C)Nc1ccc(N)c2cccnc12. The number of rotatable bonds is 6. The first-order valence-corrected chi connectivity index (χ1v) is 7.27. The molecule has 0 bridgehead atoms. The highest BCUT2D eigenvalue weighted by atomic mass is 15.1. The van der Waals surface area contributed by atoms with E-state index in [2.05, 4.69) is 36.0 Å². The van der Waals surface area contributed by atoms with Gasteiger partial charge in [-0.2, -0.15) is 0 Å². The second-order valence-electron chi connectivity index (χ2n) is 5.13. The van der Waals surface area contributed by atoms with E-state index in [1.807, 2.05) is 30.5 Å². The van der Waals surface area contributed by atoms with E-state index in [9.17, 15) is 0 Å². The average molecular weight is 272 g/mol. The summed E-state index contributed by atoms with van der Waals surface area (Å²) < 4.78 is 0. The summed E-state index contributed by atoms with van der Waals surface area (Å²) in [5.41, 5.74) is 8.77.